The van der Waals surface area contributed by atoms with Gasteiger partial charge in [-0.25, -0.2) is 4.79 Å². The number of fused-ring (bicyclic) bond motifs is 2. The predicted octanol–water partition coefficient (Wildman–Crippen LogP) is 2.76. The first-order valence-electron chi connectivity index (χ1n) is 8.57. The van der Waals surface area contributed by atoms with Gasteiger partial charge in [-0.3, -0.25) is 0 Å². The van der Waals surface area contributed by atoms with Crippen LogP contribution in [0.4, 0.5) is 4.79 Å². The fraction of sp³-hybridized carbons (Fsp3) is 0.350. The largest absolute Gasteiger partial charge is 0.445 e. The van der Waals surface area contributed by atoms with E-state index in [9.17, 15) is 4.79 Å². The monoisotopic (exact) mass is 322 g/mol. The Morgan fingerprint density at radius 1 is 1.04 bits per heavy atom. The normalized spacial score (nSPS) is 22.4. The van der Waals surface area contributed by atoms with E-state index in [4.69, 9.17) is 4.74 Å². The van der Waals surface area contributed by atoms with Gasteiger partial charge < -0.3 is 15.0 Å². The van der Waals surface area contributed by atoms with Crippen molar-refractivity contribution in [2.45, 2.75) is 31.5 Å². The lowest BCUT2D eigenvalue weighted by atomic mass is 9.89. The van der Waals surface area contributed by atoms with Crippen molar-refractivity contribution in [3.63, 3.8) is 0 Å². The fourth-order valence-electron chi connectivity index (χ4n) is 3.68. The van der Waals surface area contributed by atoms with Crippen LogP contribution in [0.25, 0.3) is 0 Å². The zero-order valence-corrected chi connectivity index (χ0v) is 13.7. The van der Waals surface area contributed by atoms with E-state index in [1.807, 2.05) is 35.2 Å². The number of benzene rings is 2. The van der Waals surface area contributed by atoms with E-state index in [0.29, 0.717) is 19.2 Å². The van der Waals surface area contributed by atoms with Gasteiger partial charge in [-0.2, -0.15) is 0 Å². The van der Waals surface area contributed by atoms with Crippen molar-refractivity contribution >= 4 is 6.09 Å². The molecule has 3 heterocycles. The van der Waals surface area contributed by atoms with E-state index in [1.54, 1.807) is 0 Å². The standard InChI is InChI=1S/C20H22N2O2/c23-20(24-14-15-6-2-1-3-7-15)22-13-18-10-16-8-4-5-9-17(16)11-19(22)12-21-18/h1-9,18-19,21H,10-14H2. The average molecular weight is 322 g/mol. The number of hydrogen-bond donors (Lipinski definition) is 1. The van der Waals surface area contributed by atoms with E-state index in [0.717, 1.165) is 24.9 Å². The van der Waals surface area contributed by atoms with Gasteiger partial charge in [-0.15, -0.1) is 0 Å². The van der Waals surface area contributed by atoms with Crippen molar-refractivity contribution < 1.29 is 9.53 Å². The Hall–Kier alpha value is -2.33. The summed E-state index contributed by atoms with van der Waals surface area (Å²) in [5.74, 6) is 0. The highest BCUT2D eigenvalue weighted by Gasteiger charge is 2.35. The summed E-state index contributed by atoms with van der Waals surface area (Å²) in [7, 11) is 0. The zero-order chi connectivity index (χ0) is 16.4. The van der Waals surface area contributed by atoms with Gasteiger partial charge in [-0.1, -0.05) is 54.6 Å². The van der Waals surface area contributed by atoms with Crippen molar-refractivity contribution in [1.29, 1.82) is 0 Å². The first kappa shape index (κ1) is 15.2. The first-order chi connectivity index (χ1) is 11.8. The summed E-state index contributed by atoms with van der Waals surface area (Å²) in [6, 6.07) is 18.9. The highest BCUT2D eigenvalue weighted by molar-refractivity contribution is 5.68. The maximum atomic E-state index is 12.6. The summed E-state index contributed by atoms with van der Waals surface area (Å²) in [6.07, 6.45) is 1.65. The Labute approximate surface area is 142 Å². The molecule has 0 spiro atoms. The lowest BCUT2D eigenvalue weighted by Crippen LogP contribution is -2.60. The molecule has 24 heavy (non-hydrogen) atoms. The molecule has 2 unspecified atom stereocenters. The second kappa shape index (κ2) is 6.65. The van der Waals surface area contributed by atoms with E-state index < -0.39 is 0 Å². The Morgan fingerprint density at radius 3 is 2.54 bits per heavy atom. The lowest BCUT2D eigenvalue weighted by molar-refractivity contribution is 0.0613. The van der Waals surface area contributed by atoms with Crippen molar-refractivity contribution in [1.82, 2.24) is 10.2 Å². The average Bonchev–Trinajstić information content (AvgIpc) is 2.60. The molecule has 1 saturated heterocycles. The van der Waals surface area contributed by atoms with Gasteiger partial charge in [0.2, 0.25) is 0 Å². The van der Waals surface area contributed by atoms with Crippen molar-refractivity contribution in [2.75, 3.05) is 13.1 Å². The van der Waals surface area contributed by atoms with Crippen LogP contribution < -0.4 is 5.32 Å². The molecule has 1 N–H and O–H groups in total. The summed E-state index contributed by atoms with van der Waals surface area (Å²) in [5, 5.41) is 3.57. The Morgan fingerprint density at radius 2 is 1.75 bits per heavy atom. The number of hydrogen-bond acceptors (Lipinski definition) is 3. The summed E-state index contributed by atoms with van der Waals surface area (Å²) in [6.45, 7) is 1.88. The molecular formula is C20H22N2O2. The maximum absolute atomic E-state index is 12.6. The van der Waals surface area contributed by atoms with Crippen LogP contribution in [0.2, 0.25) is 0 Å². The summed E-state index contributed by atoms with van der Waals surface area (Å²) in [4.78, 5) is 14.5. The molecule has 2 aromatic carbocycles. The smallest absolute Gasteiger partial charge is 0.410 e. The molecule has 2 aromatic rings. The second-order valence-corrected chi connectivity index (χ2v) is 6.63. The molecule has 3 aliphatic rings. The minimum Gasteiger partial charge on any atom is -0.445 e. The summed E-state index contributed by atoms with van der Waals surface area (Å²) in [5.41, 5.74) is 3.78. The van der Waals surface area contributed by atoms with Gasteiger partial charge in [0.25, 0.3) is 0 Å². The molecule has 2 atom stereocenters. The van der Waals surface area contributed by atoms with Crippen LogP contribution in [-0.2, 0) is 24.2 Å². The molecule has 1 fully saturated rings. The molecule has 0 aliphatic carbocycles. The quantitative estimate of drug-likeness (QED) is 0.924. The maximum Gasteiger partial charge on any atom is 0.410 e. The van der Waals surface area contributed by atoms with Gasteiger partial charge in [0.05, 0.1) is 6.04 Å². The van der Waals surface area contributed by atoms with Gasteiger partial charge in [-0.05, 0) is 29.5 Å². The minimum atomic E-state index is -0.199. The molecule has 2 bridgehead atoms. The molecule has 3 aliphatic heterocycles. The lowest BCUT2D eigenvalue weighted by Gasteiger charge is -2.42. The van der Waals surface area contributed by atoms with Crippen LogP contribution in [0.3, 0.4) is 0 Å². The molecule has 0 radical (unpaired) electrons. The van der Waals surface area contributed by atoms with Crippen molar-refractivity contribution in [2.24, 2.45) is 0 Å². The number of carbonyl (C=O) groups is 1. The third-order valence-electron chi connectivity index (χ3n) is 4.98. The van der Waals surface area contributed by atoms with E-state index >= 15 is 0 Å². The molecule has 124 valence electrons. The third kappa shape index (κ3) is 3.15. The van der Waals surface area contributed by atoms with Crippen LogP contribution in [0.5, 0.6) is 0 Å². The number of amides is 1. The predicted molar refractivity (Wildman–Crippen MR) is 92.8 cm³/mol. The van der Waals surface area contributed by atoms with E-state index in [-0.39, 0.29) is 12.1 Å². The molecular weight excluding hydrogens is 300 g/mol. The van der Waals surface area contributed by atoms with Gasteiger partial charge in [0.15, 0.2) is 0 Å². The SMILES string of the molecule is O=C(OCc1ccccc1)N1CC2Cc3ccccc3CC1CN2. The summed E-state index contributed by atoms with van der Waals surface area (Å²) >= 11 is 0. The first-order valence-corrected chi connectivity index (χ1v) is 8.57. The van der Waals surface area contributed by atoms with Crippen LogP contribution in [0.1, 0.15) is 16.7 Å². The van der Waals surface area contributed by atoms with Gasteiger partial charge in [0, 0.05) is 19.1 Å². The van der Waals surface area contributed by atoms with Crippen LogP contribution in [0, 0.1) is 0 Å². The third-order valence-corrected chi connectivity index (χ3v) is 4.98. The molecule has 4 heteroatoms. The molecule has 1 amide bonds. The van der Waals surface area contributed by atoms with E-state index in [2.05, 4.69) is 29.6 Å². The topological polar surface area (TPSA) is 41.6 Å². The highest BCUT2D eigenvalue weighted by atomic mass is 16.6. The Bertz CT molecular complexity index is 717. The minimum absolute atomic E-state index is 0.158. The summed E-state index contributed by atoms with van der Waals surface area (Å²) < 4.78 is 5.56. The molecule has 0 saturated carbocycles. The van der Waals surface area contributed by atoms with Crippen LogP contribution >= 0.6 is 0 Å². The molecule has 4 nitrogen and oxygen atoms in total. The van der Waals surface area contributed by atoms with E-state index in [1.165, 1.54) is 11.1 Å². The number of nitrogens with zero attached hydrogens (tertiary/aromatic N) is 1. The Kier molecular flexibility index (Phi) is 4.22. The number of ether oxygens (including phenoxy) is 1. The molecule has 5 rings (SSSR count). The van der Waals surface area contributed by atoms with Crippen LogP contribution in [-0.4, -0.2) is 36.2 Å². The molecule has 0 aromatic heterocycles. The highest BCUT2D eigenvalue weighted by Crippen LogP contribution is 2.23. The second-order valence-electron chi connectivity index (χ2n) is 6.63. The Balaban J connectivity index is 1.47. The zero-order valence-electron chi connectivity index (χ0n) is 13.7. The fourth-order valence-corrected chi connectivity index (χ4v) is 3.68. The number of carbonyl (C=O) groups excluding carboxylic acids is 1. The van der Waals surface area contributed by atoms with Crippen molar-refractivity contribution in [3.8, 4) is 0 Å². The number of rotatable bonds is 2. The van der Waals surface area contributed by atoms with Crippen LogP contribution in [0.15, 0.2) is 54.6 Å². The van der Waals surface area contributed by atoms with Gasteiger partial charge in [0.1, 0.15) is 6.61 Å². The van der Waals surface area contributed by atoms with Gasteiger partial charge >= 0.3 is 6.09 Å². The van der Waals surface area contributed by atoms with Crippen molar-refractivity contribution in [3.05, 3.63) is 71.3 Å². The number of nitrogens with one attached hydrogen (secondary N) is 1. The number of piperazine rings is 1.